The smallest absolute Gasteiger partial charge is 0.0972 e. The molecule has 1 fully saturated rings. The Morgan fingerprint density at radius 3 is 2.50 bits per heavy atom. The lowest BCUT2D eigenvalue weighted by atomic mass is 10.1. The van der Waals surface area contributed by atoms with Crippen LogP contribution in [-0.2, 0) is 17.6 Å². The van der Waals surface area contributed by atoms with Gasteiger partial charge in [0.1, 0.15) is 0 Å². The van der Waals surface area contributed by atoms with Crippen LogP contribution in [0.4, 0.5) is 0 Å². The number of hydrogen-bond donors (Lipinski definition) is 1. The average Bonchev–Trinajstić information content (AvgIpc) is 2.94. The molecule has 1 aliphatic carbocycles. The average molecular weight is 247 g/mol. The van der Waals surface area contributed by atoms with Crippen molar-refractivity contribution in [3.05, 3.63) is 35.4 Å². The molecule has 0 bridgehead atoms. The molecule has 0 spiro atoms. The summed E-state index contributed by atoms with van der Waals surface area (Å²) in [6.45, 7) is 4.29. The SMILES string of the molecule is CCO[C@H]1CN(C2Cc3ccccc3C2)C[C@@H]1O. The van der Waals surface area contributed by atoms with Crippen LogP contribution in [0.1, 0.15) is 18.1 Å². The maximum Gasteiger partial charge on any atom is 0.0972 e. The largest absolute Gasteiger partial charge is 0.389 e. The quantitative estimate of drug-likeness (QED) is 0.872. The normalized spacial score (nSPS) is 28.8. The Morgan fingerprint density at radius 2 is 1.89 bits per heavy atom. The summed E-state index contributed by atoms with van der Waals surface area (Å²) in [7, 11) is 0. The fourth-order valence-electron chi connectivity index (χ4n) is 3.26. The van der Waals surface area contributed by atoms with Gasteiger partial charge in [-0.2, -0.15) is 0 Å². The van der Waals surface area contributed by atoms with Crippen molar-refractivity contribution in [1.29, 1.82) is 0 Å². The van der Waals surface area contributed by atoms with Crippen molar-refractivity contribution in [2.75, 3.05) is 19.7 Å². The van der Waals surface area contributed by atoms with Crippen LogP contribution in [0.2, 0.25) is 0 Å². The molecule has 1 N–H and O–H groups in total. The standard InChI is InChI=1S/C15H21NO2/c1-2-18-15-10-16(9-14(15)17)13-7-11-5-3-4-6-12(11)8-13/h3-6,13-15,17H,2,7-10H2,1H3/t14-,15-/m0/s1. The van der Waals surface area contributed by atoms with Crippen LogP contribution in [-0.4, -0.2) is 48.0 Å². The highest BCUT2D eigenvalue weighted by Gasteiger charge is 2.37. The van der Waals surface area contributed by atoms with E-state index in [1.807, 2.05) is 6.92 Å². The Balaban J connectivity index is 1.65. The van der Waals surface area contributed by atoms with Gasteiger partial charge in [0.15, 0.2) is 0 Å². The highest BCUT2D eigenvalue weighted by Crippen LogP contribution is 2.28. The summed E-state index contributed by atoms with van der Waals surface area (Å²) < 4.78 is 5.59. The summed E-state index contributed by atoms with van der Waals surface area (Å²) >= 11 is 0. The number of hydrogen-bond acceptors (Lipinski definition) is 3. The van der Waals surface area contributed by atoms with Crippen LogP contribution in [0, 0.1) is 0 Å². The number of β-amino-alcohol motifs (C(OH)–C–C–N with tert-alkyl or cyclic N) is 1. The minimum atomic E-state index is -0.325. The zero-order valence-electron chi connectivity index (χ0n) is 10.9. The summed E-state index contributed by atoms with van der Waals surface area (Å²) in [5.74, 6) is 0. The van der Waals surface area contributed by atoms with Gasteiger partial charge in [-0.25, -0.2) is 0 Å². The van der Waals surface area contributed by atoms with Crippen molar-refractivity contribution in [2.24, 2.45) is 0 Å². The van der Waals surface area contributed by atoms with E-state index in [1.165, 1.54) is 11.1 Å². The van der Waals surface area contributed by atoms with Crippen molar-refractivity contribution in [3.63, 3.8) is 0 Å². The number of likely N-dealkylation sites (tertiary alicyclic amines) is 1. The minimum absolute atomic E-state index is 0.00119. The van der Waals surface area contributed by atoms with Crippen LogP contribution in [0.25, 0.3) is 0 Å². The zero-order valence-corrected chi connectivity index (χ0v) is 10.9. The molecule has 0 saturated carbocycles. The maximum atomic E-state index is 10.0. The van der Waals surface area contributed by atoms with Crippen LogP contribution in [0.15, 0.2) is 24.3 Å². The van der Waals surface area contributed by atoms with E-state index in [-0.39, 0.29) is 12.2 Å². The van der Waals surface area contributed by atoms with E-state index >= 15 is 0 Å². The van der Waals surface area contributed by atoms with E-state index in [2.05, 4.69) is 29.2 Å². The fraction of sp³-hybridized carbons (Fsp3) is 0.600. The first kappa shape index (κ1) is 12.2. The number of aliphatic hydroxyl groups is 1. The summed E-state index contributed by atoms with van der Waals surface area (Å²) in [5.41, 5.74) is 2.94. The zero-order chi connectivity index (χ0) is 12.5. The molecule has 1 aliphatic heterocycles. The lowest BCUT2D eigenvalue weighted by Gasteiger charge is -2.23. The number of ether oxygens (including phenoxy) is 1. The minimum Gasteiger partial charge on any atom is -0.389 e. The lowest BCUT2D eigenvalue weighted by molar-refractivity contribution is -0.00259. The fourth-order valence-corrected chi connectivity index (χ4v) is 3.26. The van der Waals surface area contributed by atoms with Crippen molar-refractivity contribution in [2.45, 2.75) is 38.0 Å². The molecule has 2 atom stereocenters. The van der Waals surface area contributed by atoms with Crippen molar-refractivity contribution in [3.8, 4) is 0 Å². The van der Waals surface area contributed by atoms with Crippen molar-refractivity contribution < 1.29 is 9.84 Å². The predicted octanol–water partition coefficient (Wildman–Crippen LogP) is 1.24. The predicted molar refractivity (Wildman–Crippen MR) is 70.6 cm³/mol. The van der Waals surface area contributed by atoms with Gasteiger partial charge in [0.25, 0.3) is 0 Å². The molecule has 3 heteroatoms. The van der Waals surface area contributed by atoms with Crippen LogP contribution in [0.3, 0.4) is 0 Å². The molecule has 2 aliphatic rings. The topological polar surface area (TPSA) is 32.7 Å². The van der Waals surface area contributed by atoms with E-state index in [4.69, 9.17) is 4.74 Å². The van der Waals surface area contributed by atoms with Crippen LogP contribution in [0.5, 0.6) is 0 Å². The Labute approximate surface area is 108 Å². The lowest BCUT2D eigenvalue weighted by Crippen LogP contribution is -2.35. The van der Waals surface area contributed by atoms with Gasteiger partial charge in [0, 0.05) is 25.7 Å². The van der Waals surface area contributed by atoms with E-state index in [0.29, 0.717) is 12.6 Å². The second kappa shape index (κ2) is 5.00. The first-order chi connectivity index (χ1) is 8.78. The van der Waals surface area contributed by atoms with Gasteiger partial charge < -0.3 is 9.84 Å². The monoisotopic (exact) mass is 247 g/mol. The number of aliphatic hydroxyl groups excluding tert-OH is 1. The van der Waals surface area contributed by atoms with Gasteiger partial charge in [0.05, 0.1) is 12.2 Å². The van der Waals surface area contributed by atoms with Crippen LogP contribution < -0.4 is 0 Å². The summed E-state index contributed by atoms with van der Waals surface area (Å²) in [4.78, 5) is 2.39. The molecule has 0 radical (unpaired) electrons. The molecule has 1 heterocycles. The molecule has 3 rings (SSSR count). The molecule has 3 nitrogen and oxygen atoms in total. The molecule has 18 heavy (non-hydrogen) atoms. The molecule has 1 aromatic rings. The van der Waals surface area contributed by atoms with Gasteiger partial charge in [-0.3, -0.25) is 4.90 Å². The molecule has 0 amide bonds. The highest BCUT2D eigenvalue weighted by molar-refractivity contribution is 5.33. The molecular formula is C15H21NO2. The Morgan fingerprint density at radius 1 is 1.22 bits per heavy atom. The first-order valence-corrected chi connectivity index (χ1v) is 6.88. The van der Waals surface area contributed by atoms with Gasteiger partial charge >= 0.3 is 0 Å². The first-order valence-electron chi connectivity index (χ1n) is 6.88. The van der Waals surface area contributed by atoms with E-state index in [9.17, 15) is 5.11 Å². The van der Waals surface area contributed by atoms with E-state index in [1.54, 1.807) is 0 Å². The van der Waals surface area contributed by atoms with Gasteiger partial charge in [0.2, 0.25) is 0 Å². The van der Waals surface area contributed by atoms with Crippen LogP contribution >= 0.6 is 0 Å². The van der Waals surface area contributed by atoms with Crippen molar-refractivity contribution >= 4 is 0 Å². The maximum absolute atomic E-state index is 10.0. The second-order valence-corrected chi connectivity index (χ2v) is 5.35. The Kier molecular flexibility index (Phi) is 3.37. The van der Waals surface area contributed by atoms with Gasteiger partial charge in [-0.05, 0) is 30.9 Å². The molecule has 98 valence electrons. The third-order valence-corrected chi connectivity index (χ3v) is 4.19. The molecule has 0 unspecified atom stereocenters. The molecule has 1 aromatic carbocycles. The summed E-state index contributed by atoms with van der Waals surface area (Å²) in [6.07, 6.45) is 1.90. The molecule has 0 aromatic heterocycles. The highest BCUT2D eigenvalue weighted by atomic mass is 16.5. The van der Waals surface area contributed by atoms with E-state index in [0.717, 1.165) is 25.9 Å². The Bertz CT molecular complexity index is 396. The third-order valence-electron chi connectivity index (χ3n) is 4.19. The number of benzene rings is 1. The number of rotatable bonds is 3. The summed E-state index contributed by atoms with van der Waals surface area (Å²) in [5, 5.41) is 10.0. The van der Waals surface area contributed by atoms with Gasteiger partial charge in [-0.1, -0.05) is 24.3 Å². The van der Waals surface area contributed by atoms with Crippen molar-refractivity contribution in [1.82, 2.24) is 4.90 Å². The second-order valence-electron chi connectivity index (χ2n) is 5.35. The van der Waals surface area contributed by atoms with E-state index < -0.39 is 0 Å². The number of fused-ring (bicyclic) bond motifs is 1. The summed E-state index contributed by atoms with van der Waals surface area (Å²) in [6, 6.07) is 9.22. The molecular weight excluding hydrogens is 226 g/mol. The number of nitrogens with zero attached hydrogens (tertiary/aromatic N) is 1. The Hall–Kier alpha value is -0.900. The third kappa shape index (κ3) is 2.18. The molecule has 1 saturated heterocycles. The van der Waals surface area contributed by atoms with Gasteiger partial charge in [-0.15, -0.1) is 0 Å².